The first-order valence-corrected chi connectivity index (χ1v) is 10.3. The van der Waals surface area contributed by atoms with E-state index in [1.807, 2.05) is 24.3 Å². The van der Waals surface area contributed by atoms with Crippen LogP contribution < -0.4 is 15.8 Å². The van der Waals surface area contributed by atoms with Crippen LogP contribution in [0.15, 0.2) is 36.4 Å². The van der Waals surface area contributed by atoms with E-state index < -0.39 is 0 Å². The number of carbonyl (C=O) groups is 2. The Kier molecular flexibility index (Phi) is 5.43. The molecule has 2 amide bonds. The second-order valence-corrected chi connectivity index (χ2v) is 7.95. The lowest BCUT2D eigenvalue weighted by Crippen LogP contribution is -2.47. The predicted octanol–water partition coefficient (Wildman–Crippen LogP) is 3.05. The van der Waals surface area contributed by atoms with Crippen LogP contribution >= 0.6 is 0 Å². The second kappa shape index (κ2) is 8.15. The summed E-state index contributed by atoms with van der Waals surface area (Å²) in [5, 5.41) is 0. The van der Waals surface area contributed by atoms with Crippen molar-refractivity contribution in [3.8, 4) is 0 Å². The molecule has 0 saturated heterocycles. The van der Waals surface area contributed by atoms with E-state index in [1.54, 1.807) is 0 Å². The van der Waals surface area contributed by atoms with Gasteiger partial charge >= 0.3 is 0 Å². The third kappa shape index (κ3) is 4.36. The molecular weight excluding hydrogens is 364 g/mol. The van der Waals surface area contributed by atoms with Gasteiger partial charge in [0.15, 0.2) is 0 Å². The molecule has 0 bridgehead atoms. The van der Waals surface area contributed by atoms with E-state index in [0.717, 1.165) is 30.6 Å². The molecule has 0 unspecified atom stereocenters. The number of aryl methyl sites for hydroxylation is 2. The Morgan fingerprint density at radius 2 is 1.97 bits per heavy atom. The normalized spacial score (nSPS) is 16.0. The van der Waals surface area contributed by atoms with Gasteiger partial charge < -0.3 is 9.47 Å². The van der Waals surface area contributed by atoms with Crippen LogP contribution in [0.2, 0.25) is 0 Å². The predicted molar refractivity (Wildman–Crippen MR) is 114 cm³/mol. The summed E-state index contributed by atoms with van der Waals surface area (Å²) in [7, 11) is 0. The molecular formula is C23H28N4O2. The number of fused-ring (bicyclic) bond motifs is 1. The van der Waals surface area contributed by atoms with Gasteiger partial charge in [-0.3, -0.25) is 20.4 Å². The highest BCUT2D eigenvalue weighted by molar-refractivity contribution is 5.93. The summed E-state index contributed by atoms with van der Waals surface area (Å²) >= 11 is 0. The monoisotopic (exact) mass is 392 g/mol. The van der Waals surface area contributed by atoms with Crippen LogP contribution in [0.5, 0.6) is 0 Å². The Labute approximate surface area is 171 Å². The molecule has 29 heavy (non-hydrogen) atoms. The first-order valence-electron chi connectivity index (χ1n) is 10.3. The van der Waals surface area contributed by atoms with Crippen molar-refractivity contribution in [3.05, 3.63) is 58.9 Å². The molecule has 6 heteroatoms. The van der Waals surface area contributed by atoms with E-state index in [9.17, 15) is 9.59 Å². The van der Waals surface area contributed by atoms with E-state index in [0.29, 0.717) is 6.04 Å². The molecule has 1 aromatic carbocycles. The number of carbonyl (C=O) groups excluding carboxylic acids is 2. The maximum Gasteiger partial charge on any atom is 0.262 e. The molecule has 1 fully saturated rings. The van der Waals surface area contributed by atoms with Gasteiger partial charge in [0.2, 0.25) is 0 Å². The number of nitrogens with zero attached hydrogens (tertiary/aromatic N) is 2. The number of nitrogens with one attached hydrogen (secondary N) is 2. The largest absolute Gasteiger partial charge is 0.362 e. The number of rotatable bonds is 5. The average molecular weight is 393 g/mol. The van der Waals surface area contributed by atoms with Gasteiger partial charge in [-0.15, -0.1) is 0 Å². The van der Waals surface area contributed by atoms with Crippen molar-refractivity contribution < 1.29 is 9.59 Å². The zero-order valence-electron chi connectivity index (χ0n) is 17.1. The minimum absolute atomic E-state index is 0.226. The summed E-state index contributed by atoms with van der Waals surface area (Å²) < 4.78 is 2.34. The Bertz CT molecular complexity index is 956. The highest BCUT2D eigenvalue weighted by Crippen LogP contribution is 2.38. The first-order chi connectivity index (χ1) is 14.0. The van der Waals surface area contributed by atoms with E-state index in [-0.39, 0.29) is 18.4 Å². The molecule has 0 radical (unpaired) electrons. The van der Waals surface area contributed by atoms with E-state index in [1.165, 1.54) is 35.9 Å². The quantitative estimate of drug-likeness (QED) is 0.607. The summed E-state index contributed by atoms with van der Waals surface area (Å²) in [4.78, 5) is 26.5. The lowest BCUT2D eigenvalue weighted by Gasteiger charge is -2.30. The lowest BCUT2D eigenvalue weighted by molar-refractivity contribution is -0.125. The Balaban J connectivity index is 1.29. The van der Waals surface area contributed by atoms with Crippen molar-refractivity contribution in [2.75, 3.05) is 18.0 Å². The zero-order chi connectivity index (χ0) is 20.4. The Morgan fingerprint density at radius 1 is 1.17 bits per heavy atom. The lowest BCUT2D eigenvalue weighted by atomic mass is 10.0. The van der Waals surface area contributed by atoms with Crippen molar-refractivity contribution in [2.24, 2.45) is 0 Å². The highest BCUT2D eigenvalue weighted by atomic mass is 16.2. The summed E-state index contributed by atoms with van der Waals surface area (Å²) in [5.74, 6) is -0.566. The van der Waals surface area contributed by atoms with Gasteiger partial charge in [-0.05, 0) is 68.9 Å². The fourth-order valence-electron chi connectivity index (χ4n) is 4.19. The summed E-state index contributed by atoms with van der Waals surface area (Å²) in [5.41, 5.74) is 10.8. The molecule has 1 aromatic heterocycles. The van der Waals surface area contributed by atoms with Crippen LogP contribution in [-0.4, -0.2) is 29.5 Å². The Hall–Kier alpha value is -3.02. The maximum atomic E-state index is 12.3. The number of para-hydroxylation sites is 1. The number of aromatic nitrogens is 1. The Morgan fingerprint density at radius 3 is 2.76 bits per heavy atom. The summed E-state index contributed by atoms with van der Waals surface area (Å²) in [6.45, 7) is 5.25. The molecule has 1 saturated carbocycles. The second-order valence-electron chi connectivity index (χ2n) is 7.95. The van der Waals surface area contributed by atoms with Gasteiger partial charge in [-0.25, -0.2) is 0 Å². The van der Waals surface area contributed by atoms with Crippen molar-refractivity contribution in [1.82, 2.24) is 15.4 Å². The minimum atomic E-state index is -0.339. The smallest absolute Gasteiger partial charge is 0.262 e. The first kappa shape index (κ1) is 19.3. The molecule has 6 nitrogen and oxygen atoms in total. The number of hydrazine groups is 1. The van der Waals surface area contributed by atoms with Gasteiger partial charge in [-0.1, -0.05) is 18.2 Å². The fraction of sp³-hybridized carbons (Fsp3) is 0.391. The molecule has 2 aliphatic rings. The third-order valence-corrected chi connectivity index (χ3v) is 5.72. The van der Waals surface area contributed by atoms with Crippen LogP contribution in [0.1, 0.15) is 47.8 Å². The van der Waals surface area contributed by atoms with Gasteiger partial charge in [-0.2, -0.15) is 0 Å². The highest BCUT2D eigenvalue weighted by Gasteiger charge is 2.26. The van der Waals surface area contributed by atoms with Crippen LogP contribution in [0.25, 0.3) is 6.08 Å². The SMILES string of the molecule is Cc1cc(/C=C/C(=O)NNC(=O)CN2CCCc3ccccc32)c(C)n1C1CC1. The maximum absolute atomic E-state index is 12.3. The number of hydrogen-bond acceptors (Lipinski definition) is 3. The van der Waals surface area contributed by atoms with Crippen LogP contribution in [-0.2, 0) is 16.0 Å². The van der Waals surface area contributed by atoms with E-state index >= 15 is 0 Å². The standard InChI is InChI=1S/C23H28N4O2/c1-16-14-19(17(2)27(16)20-10-11-20)9-12-22(28)24-25-23(29)15-26-13-5-7-18-6-3-4-8-21(18)26/h3-4,6,8-9,12,14,20H,5,7,10-11,13,15H2,1-2H3,(H,24,28)(H,25,29)/b12-9+. The molecule has 0 spiro atoms. The number of amides is 2. The average Bonchev–Trinajstić information content (AvgIpc) is 3.50. The molecule has 1 aliphatic carbocycles. The van der Waals surface area contributed by atoms with E-state index in [4.69, 9.17) is 0 Å². The van der Waals surface area contributed by atoms with Gasteiger partial charge in [0, 0.05) is 35.7 Å². The third-order valence-electron chi connectivity index (χ3n) is 5.72. The van der Waals surface area contributed by atoms with Crippen molar-refractivity contribution in [3.63, 3.8) is 0 Å². The van der Waals surface area contributed by atoms with Gasteiger partial charge in [0.05, 0.1) is 6.54 Å². The zero-order valence-corrected chi connectivity index (χ0v) is 17.1. The molecule has 2 N–H and O–H groups in total. The molecule has 2 heterocycles. The number of anilines is 1. The molecule has 152 valence electrons. The number of hydrogen-bond donors (Lipinski definition) is 2. The molecule has 0 atom stereocenters. The van der Waals surface area contributed by atoms with Gasteiger partial charge in [0.25, 0.3) is 11.8 Å². The van der Waals surface area contributed by atoms with Crippen molar-refractivity contribution in [2.45, 2.75) is 45.6 Å². The van der Waals surface area contributed by atoms with Crippen LogP contribution in [0.4, 0.5) is 5.69 Å². The topological polar surface area (TPSA) is 66.4 Å². The van der Waals surface area contributed by atoms with E-state index in [2.05, 4.69) is 46.3 Å². The molecule has 1 aliphatic heterocycles. The molecule has 4 rings (SSSR count). The van der Waals surface area contributed by atoms with Crippen LogP contribution in [0, 0.1) is 13.8 Å². The van der Waals surface area contributed by atoms with Crippen LogP contribution in [0.3, 0.4) is 0 Å². The summed E-state index contributed by atoms with van der Waals surface area (Å²) in [6.07, 6.45) is 7.80. The fourth-order valence-corrected chi connectivity index (χ4v) is 4.19. The number of benzene rings is 1. The van der Waals surface area contributed by atoms with Crippen molar-refractivity contribution >= 4 is 23.6 Å². The van der Waals surface area contributed by atoms with Crippen molar-refractivity contribution in [1.29, 1.82) is 0 Å². The molecule has 2 aromatic rings. The summed E-state index contributed by atoms with van der Waals surface area (Å²) in [6, 6.07) is 10.9. The minimum Gasteiger partial charge on any atom is -0.362 e. The van der Waals surface area contributed by atoms with Gasteiger partial charge in [0.1, 0.15) is 0 Å².